The Morgan fingerprint density at radius 3 is 1.89 bits per heavy atom. The SMILES string of the molecule is COc1cc2nccc(Oc3ccc(N(C(=O)C4(C(N)=O)CC4)c4ccc(F)cc4)cc3)c2cc1OC.O=C(O)CCCC(=O)O. The minimum atomic E-state index is -1.25. The van der Waals surface area contributed by atoms with Crippen molar-refractivity contribution in [3.05, 3.63) is 78.7 Å². The molecule has 2 amide bonds. The lowest BCUT2D eigenvalue weighted by atomic mass is 10.0. The van der Waals surface area contributed by atoms with Crippen LogP contribution in [0, 0.1) is 11.2 Å². The van der Waals surface area contributed by atoms with Crippen LogP contribution in [0.2, 0.25) is 0 Å². The summed E-state index contributed by atoms with van der Waals surface area (Å²) >= 11 is 0. The Bertz CT molecular complexity index is 1730. The molecule has 1 aliphatic carbocycles. The second-order valence-electron chi connectivity index (χ2n) is 10.3. The average Bonchev–Trinajstić information content (AvgIpc) is 3.85. The van der Waals surface area contributed by atoms with Crippen LogP contribution >= 0.6 is 0 Å². The summed E-state index contributed by atoms with van der Waals surface area (Å²) in [5.41, 5.74) is 5.89. The van der Waals surface area contributed by atoms with E-state index in [1.807, 2.05) is 0 Å². The summed E-state index contributed by atoms with van der Waals surface area (Å²) in [6.45, 7) is 0. The quantitative estimate of drug-likeness (QED) is 0.170. The molecule has 13 heteroatoms. The number of hydrogen-bond acceptors (Lipinski definition) is 8. The third-order valence-corrected chi connectivity index (χ3v) is 7.23. The van der Waals surface area contributed by atoms with E-state index in [2.05, 4.69) is 4.98 Å². The van der Waals surface area contributed by atoms with Crippen molar-refractivity contribution in [1.82, 2.24) is 4.98 Å². The van der Waals surface area contributed by atoms with Gasteiger partial charge < -0.3 is 30.2 Å². The van der Waals surface area contributed by atoms with Gasteiger partial charge in [0.25, 0.3) is 0 Å². The van der Waals surface area contributed by atoms with Gasteiger partial charge in [0, 0.05) is 41.9 Å². The maximum Gasteiger partial charge on any atom is 0.303 e. The molecule has 3 aromatic carbocycles. The van der Waals surface area contributed by atoms with Crippen molar-refractivity contribution in [1.29, 1.82) is 0 Å². The van der Waals surface area contributed by atoms with Crippen LogP contribution in [-0.2, 0) is 19.2 Å². The maximum absolute atomic E-state index is 13.6. The number of carbonyl (C=O) groups is 4. The standard InChI is InChI=1S/C28H24FN3O5.C5H8O4/c1-35-24-15-21-22(16-25(24)36-2)31-14-11-23(21)37-20-9-7-19(8-10-20)32(18-5-3-17(29)4-6-18)27(34)28(12-13-28)26(30)33;6-4(7)2-1-3-5(8)9/h3-11,14-16H,12-13H2,1-2H3,(H2,30,33);1-3H2,(H,6,7)(H,8,9). The number of carboxylic acid groups (broad SMARTS) is 2. The Morgan fingerprint density at radius 2 is 1.39 bits per heavy atom. The zero-order valence-corrected chi connectivity index (χ0v) is 25.1. The first-order valence-electron chi connectivity index (χ1n) is 14.1. The highest BCUT2D eigenvalue weighted by atomic mass is 19.1. The van der Waals surface area contributed by atoms with E-state index in [-0.39, 0.29) is 19.3 Å². The fourth-order valence-electron chi connectivity index (χ4n) is 4.60. The van der Waals surface area contributed by atoms with E-state index in [4.69, 9.17) is 30.2 Å². The second kappa shape index (κ2) is 14.4. The molecule has 46 heavy (non-hydrogen) atoms. The third-order valence-electron chi connectivity index (χ3n) is 7.23. The molecule has 0 unspecified atom stereocenters. The molecule has 0 aliphatic heterocycles. The van der Waals surface area contributed by atoms with Gasteiger partial charge in [0.2, 0.25) is 11.8 Å². The zero-order chi connectivity index (χ0) is 33.4. The van der Waals surface area contributed by atoms with Gasteiger partial charge in [0.15, 0.2) is 11.5 Å². The van der Waals surface area contributed by atoms with Gasteiger partial charge in [-0.05, 0) is 79.9 Å². The van der Waals surface area contributed by atoms with E-state index in [9.17, 15) is 23.6 Å². The van der Waals surface area contributed by atoms with Crippen LogP contribution in [0.5, 0.6) is 23.0 Å². The summed E-state index contributed by atoms with van der Waals surface area (Å²) in [6, 6.07) is 17.6. The van der Waals surface area contributed by atoms with Crippen LogP contribution in [0.3, 0.4) is 0 Å². The number of nitrogens with two attached hydrogens (primary N) is 1. The van der Waals surface area contributed by atoms with Crippen molar-refractivity contribution in [2.75, 3.05) is 19.1 Å². The van der Waals surface area contributed by atoms with Crippen LogP contribution in [0.4, 0.5) is 15.8 Å². The summed E-state index contributed by atoms with van der Waals surface area (Å²) in [6.07, 6.45) is 2.47. The Morgan fingerprint density at radius 1 is 0.848 bits per heavy atom. The molecule has 1 aromatic heterocycles. The number of fused-ring (bicyclic) bond motifs is 1. The maximum atomic E-state index is 13.6. The summed E-state index contributed by atoms with van der Waals surface area (Å²) in [5, 5.41) is 16.8. The molecule has 1 heterocycles. The Kier molecular flexibility index (Phi) is 10.4. The number of nitrogens with zero attached hydrogens (tertiary/aromatic N) is 2. The molecule has 5 rings (SSSR count). The lowest BCUT2D eigenvalue weighted by Crippen LogP contribution is -2.41. The van der Waals surface area contributed by atoms with Crippen molar-refractivity contribution in [2.45, 2.75) is 32.1 Å². The highest BCUT2D eigenvalue weighted by molar-refractivity contribution is 6.16. The van der Waals surface area contributed by atoms with Crippen molar-refractivity contribution < 1.29 is 48.0 Å². The minimum Gasteiger partial charge on any atom is -0.493 e. The van der Waals surface area contributed by atoms with E-state index < -0.39 is 35.0 Å². The smallest absolute Gasteiger partial charge is 0.303 e. The van der Waals surface area contributed by atoms with E-state index >= 15 is 0 Å². The number of amides is 2. The van der Waals surface area contributed by atoms with Gasteiger partial charge in [0.1, 0.15) is 22.7 Å². The van der Waals surface area contributed by atoms with Gasteiger partial charge in [0.05, 0.1) is 19.7 Å². The topological polar surface area (TPSA) is 179 Å². The number of aliphatic carboxylic acids is 2. The Balaban J connectivity index is 0.000000468. The van der Waals surface area contributed by atoms with E-state index in [0.29, 0.717) is 52.7 Å². The third kappa shape index (κ3) is 7.67. The molecule has 0 atom stereocenters. The number of halogens is 1. The van der Waals surface area contributed by atoms with Crippen LogP contribution in [0.1, 0.15) is 32.1 Å². The van der Waals surface area contributed by atoms with Crippen LogP contribution in [0.15, 0.2) is 72.9 Å². The molecule has 0 saturated heterocycles. The fourth-order valence-corrected chi connectivity index (χ4v) is 4.60. The number of rotatable bonds is 12. The minimum absolute atomic E-state index is 0.0632. The molecular formula is C33H32FN3O9. The second-order valence-corrected chi connectivity index (χ2v) is 10.3. The monoisotopic (exact) mass is 633 g/mol. The first kappa shape index (κ1) is 33.2. The lowest BCUT2D eigenvalue weighted by Gasteiger charge is -2.26. The number of methoxy groups -OCH3 is 2. The molecule has 12 nitrogen and oxygen atoms in total. The van der Waals surface area contributed by atoms with Crippen molar-refractivity contribution in [3.63, 3.8) is 0 Å². The zero-order valence-electron chi connectivity index (χ0n) is 25.1. The van der Waals surface area contributed by atoms with Crippen molar-refractivity contribution in [3.8, 4) is 23.0 Å². The molecule has 1 aliphatic rings. The number of aromatic nitrogens is 1. The number of pyridine rings is 1. The molecule has 1 fully saturated rings. The van der Waals surface area contributed by atoms with Gasteiger partial charge >= 0.3 is 11.9 Å². The van der Waals surface area contributed by atoms with Gasteiger partial charge in [-0.15, -0.1) is 0 Å². The van der Waals surface area contributed by atoms with Crippen LogP contribution < -0.4 is 24.8 Å². The average molecular weight is 634 g/mol. The van der Waals surface area contributed by atoms with Gasteiger partial charge in [-0.3, -0.25) is 29.1 Å². The molecular weight excluding hydrogens is 601 g/mol. The molecule has 4 aromatic rings. The predicted molar refractivity (Wildman–Crippen MR) is 165 cm³/mol. The number of hydrogen-bond donors (Lipinski definition) is 3. The molecule has 1 saturated carbocycles. The number of ether oxygens (including phenoxy) is 3. The van der Waals surface area contributed by atoms with E-state index in [1.165, 1.54) is 29.2 Å². The largest absolute Gasteiger partial charge is 0.493 e. The number of primary amides is 1. The van der Waals surface area contributed by atoms with Crippen molar-refractivity contribution >= 4 is 46.0 Å². The first-order chi connectivity index (χ1) is 22.0. The first-order valence-corrected chi connectivity index (χ1v) is 14.1. The van der Waals surface area contributed by atoms with Crippen molar-refractivity contribution in [2.24, 2.45) is 11.1 Å². The molecule has 0 radical (unpaired) electrons. The number of benzene rings is 3. The molecule has 240 valence electrons. The van der Waals surface area contributed by atoms with E-state index in [1.54, 1.807) is 62.9 Å². The van der Waals surface area contributed by atoms with Gasteiger partial charge in [-0.1, -0.05) is 0 Å². The number of carbonyl (C=O) groups excluding carboxylic acids is 2. The predicted octanol–water partition coefficient (Wildman–Crippen LogP) is 5.44. The van der Waals surface area contributed by atoms with Crippen LogP contribution in [0.25, 0.3) is 10.9 Å². The summed E-state index contributed by atoms with van der Waals surface area (Å²) in [7, 11) is 3.11. The normalized spacial score (nSPS) is 12.7. The summed E-state index contributed by atoms with van der Waals surface area (Å²) in [4.78, 5) is 50.9. The van der Waals surface area contributed by atoms with Gasteiger partial charge in [-0.25, -0.2) is 4.39 Å². The number of anilines is 2. The Hall–Kier alpha value is -5.72. The lowest BCUT2D eigenvalue weighted by molar-refractivity contribution is -0.139. The van der Waals surface area contributed by atoms with E-state index in [0.717, 1.165) is 5.39 Å². The number of carboxylic acids is 2. The highest BCUT2D eigenvalue weighted by Crippen LogP contribution is 2.49. The fraction of sp³-hybridized carbons (Fsp3) is 0.242. The molecule has 0 spiro atoms. The van der Waals surface area contributed by atoms with Gasteiger partial charge in [-0.2, -0.15) is 0 Å². The highest BCUT2D eigenvalue weighted by Gasteiger charge is 2.57. The summed E-state index contributed by atoms with van der Waals surface area (Å²) < 4.78 is 30.5. The van der Waals surface area contributed by atoms with Crippen LogP contribution in [-0.4, -0.2) is 53.2 Å². The Labute approximate surface area is 263 Å². The molecule has 0 bridgehead atoms. The summed E-state index contributed by atoms with van der Waals surface area (Å²) in [5.74, 6) is -1.28. The molecule has 4 N–H and O–H groups in total.